The lowest BCUT2D eigenvalue weighted by molar-refractivity contribution is 0.548. The van der Waals surface area contributed by atoms with Crippen LogP contribution in [0.15, 0.2) is 62.9 Å². The van der Waals surface area contributed by atoms with Crippen LogP contribution in [0.3, 0.4) is 0 Å². The molecule has 140 valence electrons. The number of hydrogen-bond acceptors (Lipinski definition) is 5. The molecule has 0 atom stereocenters. The van der Waals surface area contributed by atoms with Gasteiger partial charge in [0.1, 0.15) is 11.6 Å². The summed E-state index contributed by atoms with van der Waals surface area (Å²) in [5.74, 6) is -1.11. The lowest BCUT2D eigenvalue weighted by Crippen LogP contribution is -2.19. The summed E-state index contributed by atoms with van der Waals surface area (Å²) < 4.78 is 59.2. The summed E-state index contributed by atoms with van der Waals surface area (Å²) in [6.45, 7) is 1.25. The van der Waals surface area contributed by atoms with E-state index in [-0.39, 0.29) is 27.3 Å². The number of anilines is 1. The Labute approximate surface area is 155 Å². The maximum Gasteiger partial charge on any atom is 0.236 e. The van der Waals surface area contributed by atoms with Crippen LogP contribution in [0.2, 0.25) is 0 Å². The summed E-state index contributed by atoms with van der Waals surface area (Å²) in [6.07, 6.45) is 1.79. The van der Waals surface area contributed by atoms with Crippen molar-refractivity contribution < 1.29 is 21.6 Å². The third-order valence-electron chi connectivity index (χ3n) is 4.46. The third-order valence-corrected chi connectivity index (χ3v) is 6.12. The first-order chi connectivity index (χ1) is 13.0. The molecule has 8 heteroatoms. The molecule has 1 aliphatic heterocycles. The number of aromatic nitrogens is 1. The van der Waals surface area contributed by atoms with E-state index in [4.69, 9.17) is 4.42 Å². The van der Waals surface area contributed by atoms with Crippen LogP contribution in [-0.4, -0.2) is 26.5 Å². The van der Waals surface area contributed by atoms with E-state index in [1.807, 2.05) is 0 Å². The fourth-order valence-corrected chi connectivity index (χ4v) is 4.39. The number of hydrogen-bond donors (Lipinski definition) is 0. The molecule has 1 saturated heterocycles. The average molecular weight is 390 g/mol. The molecule has 1 aromatic heterocycles. The maximum atomic E-state index is 14.2. The molecule has 0 bridgehead atoms. The molecule has 1 fully saturated rings. The predicted molar refractivity (Wildman–Crippen MR) is 95.2 cm³/mol. The highest BCUT2D eigenvalue weighted by atomic mass is 32.2. The molecule has 3 aromatic rings. The van der Waals surface area contributed by atoms with Crippen LogP contribution in [0.5, 0.6) is 0 Å². The van der Waals surface area contributed by atoms with Gasteiger partial charge in [0.2, 0.25) is 26.6 Å². The zero-order valence-electron chi connectivity index (χ0n) is 14.2. The van der Waals surface area contributed by atoms with Crippen molar-refractivity contribution in [3.05, 3.63) is 60.2 Å². The largest absolute Gasteiger partial charge is 0.419 e. The zero-order valence-corrected chi connectivity index (χ0v) is 15.0. The summed E-state index contributed by atoms with van der Waals surface area (Å²) in [6, 6.07) is 10.4. The second kappa shape index (κ2) is 6.77. The number of halogens is 2. The van der Waals surface area contributed by atoms with Gasteiger partial charge >= 0.3 is 0 Å². The number of benzene rings is 2. The van der Waals surface area contributed by atoms with Crippen LogP contribution in [0.25, 0.3) is 11.5 Å². The molecule has 4 rings (SSSR count). The molecular weight excluding hydrogens is 374 g/mol. The Bertz CT molecular complexity index is 1070. The number of nitrogens with zero attached hydrogens (tertiary/aromatic N) is 2. The smallest absolute Gasteiger partial charge is 0.236 e. The van der Waals surface area contributed by atoms with Gasteiger partial charge < -0.3 is 9.32 Å². The molecule has 0 aliphatic carbocycles. The first kappa shape index (κ1) is 17.7. The van der Waals surface area contributed by atoms with E-state index in [1.54, 1.807) is 11.0 Å². The fourth-order valence-electron chi connectivity index (χ4n) is 3.07. The monoisotopic (exact) mass is 390 g/mol. The lowest BCUT2D eigenvalue weighted by atomic mass is 10.2. The average Bonchev–Trinajstić information content (AvgIpc) is 3.32. The van der Waals surface area contributed by atoms with Crippen LogP contribution in [0.1, 0.15) is 12.8 Å². The van der Waals surface area contributed by atoms with E-state index in [0.717, 1.165) is 25.0 Å². The number of rotatable bonds is 4. The van der Waals surface area contributed by atoms with Gasteiger partial charge in [-0.25, -0.2) is 17.2 Å². The molecule has 27 heavy (non-hydrogen) atoms. The minimum absolute atomic E-state index is 0.0819. The van der Waals surface area contributed by atoms with Gasteiger partial charge in [0, 0.05) is 13.1 Å². The van der Waals surface area contributed by atoms with Gasteiger partial charge in [0.15, 0.2) is 0 Å². The Morgan fingerprint density at radius 3 is 2.30 bits per heavy atom. The molecule has 1 aliphatic rings. The molecular formula is C19H16F2N2O3S. The highest BCUT2D eigenvalue weighted by molar-refractivity contribution is 7.91. The minimum atomic E-state index is -4.06. The van der Waals surface area contributed by atoms with Gasteiger partial charge in [0.05, 0.1) is 10.5 Å². The van der Waals surface area contributed by atoms with Crippen LogP contribution in [0.4, 0.5) is 14.7 Å². The van der Waals surface area contributed by atoms with Crippen molar-refractivity contribution >= 4 is 15.7 Å². The zero-order chi connectivity index (χ0) is 19.0. The minimum Gasteiger partial charge on any atom is -0.419 e. The van der Waals surface area contributed by atoms with Gasteiger partial charge in [-0.15, -0.1) is 0 Å². The Kier molecular flexibility index (Phi) is 4.43. The van der Waals surface area contributed by atoms with E-state index in [1.165, 1.54) is 30.3 Å². The first-order valence-corrected chi connectivity index (χ1v) is 9.96. The molecule has 0 spiro atoms. The Balaban J connectivity index is 1.88. The molecule has 0 radical (unpaired) electrons. The molecule has 5 nitrogen and oxygen atoms in total. The summed E-state index contributed by atoms with van der Waals surface area (Å²) in [5, 5.41) is -0.283. The second-order valence-electron chi connectivity index (χ2n) is 6.26. The quantitative estimate of drug-likeness (QED) is 0.629. The van der Waals surface area contributed by atoms with Crippen LogP contribution in [0, 0.1) is 11.6 Å². The SMILES string of the molecule is O=S(=O)(c1ccc(F)cc1)c1nc(-c2ccccc2F)oc1N1CCCC1. The summed E-state index contributed by atoms with van der Waals surface area (Å²) >= 11 is 0. The van der Waals surface area contributed by atoms with E-state index >= 15 is 0 Å². The van der Waals surface area contributed by atoms with Crippen LogP contribution >= 0.6 is 0 Å². The molecule has 0 unspecified atom stereocenters. The number of sulfone groups is 1. The van der Waals surface area contributed by atoms with Crippen molar-refractivity contribution in [1.29, 1.82) is 0 Å². The van der Waals surface area contributed by atoms with Crippen molar-refractivity contribution in [3.63, 3.8) is 0 Å². The van der Waals surface area contributed by atoms with Crippen molar-refractivity contribution in [2.24, 2.45) is 0 Å². The van der Waals surface area contributed by atoms with E-state index in [9.17, 15) is 17.2 Å². The van der Waals surface area contributed by atoms with Crippen molar-refractivity contribution in [2.45, 2.75) is 22.8 Å². The highest BCUT2D eigenvalue weighted by Gasteiger charge is 2.32. The lowest BCUT2D eigenvalue weighted by Gasteiger charge is -2.14. The molecule has 0 amide bonds. The van der Waals surface area contributed by atoms with E-state index in [2.05, 4.69) is 4.98 Å². The Hall–Kier alpha value is -2.74. The normalized spacial score (nSPS) is 14.7. The standard InChI is InChI=1S/C19H16F2N2O3S/c20-13-7-9-14(10-8-13)27(24,25)18-19(23-11-3-4-12-23)26-17(22-18)15-5-1-2-6-16(15)21/h1-2,5-10H,3-4,11-12H2. The summed E-state index contributed by atoms with van der Waals surface area (Å²) in [7, 11) is -4.06. The topological polar surface area (TPSA) is 63.4 Å². The Morgan fingerprint density at radius 2 is 1.63 bits per heavy atom. The van der Waals surface area contributed by atoms with Gasteiger partial charge in [-0.3, -0.25) is 0 Å². The Morgan fingerprint density at radius 1 is 0.963 bits per heavy atom. The van der Waals surface area contributed by atoms with Crippen LogP contribution in [-0.2, 0) is 9.84 Å². The maximum absolute atomic E-state index is 14.2. The number of oxazole rings is 1. The molecule has 0 saturated carbocycles. The van der Waals surface area contributed by atoms with Crippen molar-refractivity contribution in [2.75, 3.05) is 18.0 Å². The molecule has 2 aromatic carbocycles. The van der Waals surface area contributed by atoms with Crippen molar-refractivity contribution in [3.8, 4) is 11.5 Å². The van der Waals surface area contributed by atoms with Gasteiger partial charge in [0.25, 0.3) is 0 Å². The third kappa shape index (κ3) is 3.21. The molecule has 0 N–H and O–H groups in total. The first-order valence-electron chi connectivity index (χ1n) is 8.48. The van der Waals surface area contributed by atoms with Gasteiger partial charge in [-0.05, 0) is 49.2 Å². The fraction of sp³-hybridized carbons (Fsp3) is 0.211. The van der Waals surface area contributed by atoms with E-state index in [0.29, 0.717) is 13.1 Å². The van der Waals surface area contributed by atoms with Gasteiger partial charge in [-0.1, -0.05) is 12.1 Å². The second-order valence-corrected chi connectivity index (χ2v) is 8.13. The highest BCUT2D eigenvalue weighted by Crippen LogP contribution is 2.36. The summed E-state index contributed by atoms with van der Waals surface area (Å²) in [5.41, 5.74) is 0.0819. The van der Waals surface area contributed by atoms with Crippen LogP contribution < -0.4 is 4.90 Å². The predicted octanol–water partition coefficient (Wildman–Crippen LogP) is 4.05. The van der Waals surface area contributed by atoms with E-state index < -0.39 is 21.5 Å². The molecule has 2 heterocycles. The van der Waals surface area contributed by atoms with Crippen molar-refractivity contribution in [1.82, 2.24) is 4.98 Å². The summed E-state index contributed by atoms with van der Waals surface area (Å²) in [4.78, 5) is 5.81. The van der Waals surface area contributed by atoms with Gasteiger partial charge in [-0.2, -0.15) is 4.98 Å².